The van der Waals surface area contributed by atoms with Crippen LogP contribution in [-0.4, -0.2) is 35.1 Å². The van der Waals surface area contributed by atoms with Crippen molar-refractivity contribution in [2.45, 2.75) is 32.7 Å². The Labute approximate surface area is 125 Å². The molecule has 0 atom stereocenters. The molecule has 1 rings (SSSR count). The van der Waals surface area contributed by atoms with Crippen LogP contribution in [0.25, 0.3) is 6.08 Å². The molecule has 0 aliphatic heterocycles. The molecule has 0 fully saturated rings. The van der Waals surface area contributed by atoms with Gasteiger partial charge in [0.05, 0.1) is 0 Å². The lowest BCUT2D eigenvalue weighted by Gasteiger charge is -2.26. The number of hydrogen-bond acceptors (Lipinski definition) is 2. The van der Waals surface area contributed by atoms with Crippen LogP contribution in [0.1, 0.15) is 32.3 Å². The van der Waals surface area contributed by atoms with E-state index in [1.807, 2.05) is 0 Å². The van der Waals surface area contributed by atoms with Crippen molar-refractivity contribution in [2.24, 2.45) is 0 Å². The Morgan fingerprint density at radius 3 is 2.29 bits per heavy atom. The number of anilines is 1. The third-order valence-corrected chi connectivity index (χ3v) is 3.39. The van der Waals surface area contributed by atoms with Crippen LogP contribution in [0.4, 0.5) is 10.5 Å². The number of hydrogen-bond donors (Lipinski definition) is 2. The first-order valence-corrected chi connectivity index (χ1v) is 7.02. The molecule has 0 spiro atoms. The first kappa shape index (κ1) is 16.8. The van der Waals surface area contributed by atoms with E-state index in [0.717, 1.165) is 24.5 Å². The molecule has 2 N–H and O–H groups in total. The van der Waals surface area contributed by atoms with Gasteiger partial charge in [-0.25, -0.2) is 9.59 Å². The molecule has 0 saturated carbocycles. The molecule has 0 bridgehead atoms. The Morgan fingerprint density at radius 1 is 1.24 bits per heavy atom. The average molecular weight is 290 g/mol. The minimum atomic E-state index is -0.987. The maximum Gasteiger partial charge on any atom is 0.328 e. The first-order chi connectivity index (χ1) is 9.97. The topological polar surface area (TPSA) is 69.6 Å². The van der Waals surface area contributed by atoms with E-state index in [0.29, 0.717) is 5.69 Å². The standard InChI is InChI=1S/C16H22N2O3/c1-4-14(5-2)18(3)16(21)17-13-9-6-12(7-10-13)8-11-15(19)20/h6-11,14H,4-5H2,1-3H3,(H,17,21)(H,19,20). The summed E-state index contributed by atoms with van der Waals surface area (Å²) in [7, 11) is 1.79. The fraction of sp³-hybridized carbons (Fsp3) is 0.375. The van der Waals surface area contributed by atoms with Gasteiger partial charge in [0.2, 0.25) is 0 Å². The van der Waals surface area contributed by atoms with Gasteiger partial charge in [-0.15, -0.1) is 0 Å². The number of carboxylic acids is 1. The van der Waals surface area contributed by atoms with E-state index in [9.17, 15) is 9.59 Å². The number of aliphatic carboxylic acids is 1. The first-order valence-electron chi connectivity index (χ1n) is 7.02. The van der Waals surface area contributed by atoms with Crippen LogP contribution in [0, 0.1) is 0 Å². The molecule has 0 aromatic heterocycles. The molecule has 2 amide bonds. The Bertz CT molecular complexity index is 505. The maximum absolute atomic E-state index is 12.1. The summed E-state index contributed by atoms with van der Waals surface area (Å²) in [6, 6.07) is 7.10. The van der Waals surface area contributed by atoms with Gasteiger partial charge in [-0.05, 0) is 36.6 Å². The van der Waals surface area contributed by atoms with Crippen molar-refractivity contribution in [1.82, 2.24) is 4.90 Å². The zero-order chi connectivity index (χ0) is 15.8. The molecule has 1 aromatic carbocycles. The van der Waals surface area contributed by atoms with Gasteiger partial charge >= 0.3 is 12.0 Å². The van der Waals surface area contributed by atoms with Gasteiger partial charge in [0, 0.05) is 24.9 Å². The highest BCUT2D eigenvalue weighted by Gasteiger charge is 2.16. The Kier molecular flexibility index (Phi) is 6.46. The van der Waals surface area contributed by atoms with E-state index in [2.05, 4.69) is 19.2 Å². The van der Waals surface area contributed by atoms with Crippen molar-refractivity contribution in [3.8, 4) is 0 Å². The molecule has 1 aromatic rings. The predicted octanol–water partition coefficient (Wildman–Crippen LogP) is 3.44. The smallest absolute Gasteiger partial charge is 0.328 e. The SMILES string of the molecule is CCC(CC)N(C)C(=O)Nc1ccc(C=CC(=O)O)cc1. The van der Waals surface area contributed by atoms with Gasteiger partial charge in [-0.2, -0.15) is 0 Å². The molecular formula is C16H22N2O3. The number of urea groups is 1. The third kappa shape index (κ3) is 5.30. The van der Waals surface area contributed by atoms with Crippen molar-refractivity contribution in [2.75, 3.05) is 12.4 Å². The summed E-state index contributed by atoms with van der Waals surface area (Å²) in [6.45, 7) is 4.11. The van der Waals surface area contributed by atoms with Gasteiger partial charge < -0.3 is 15.3 Å². The molecular weight excluding hydrogens is 268 g/mol. The molecule has 0 aliphatic rings. The summed E-state index contributed by atoms with van der Waals surface area (Å²) in [5.74, 6) is -0.987. The fourth-order valence-electron chi connectivity index (χ4n) is 2.06. The van der Waals surface area contributed by atoms with E-state index in [1.54, 1.807) is 36.2 Å². The second-order valence-electron chi connectivity index (χ2n) is 4.80. The van der Waals surface area contributed by atoms with Crippen LogP contribution in [-0.2, 0) is 4.79 Å². The monoisotopic (exact) mass is 290 g/mol. The van der Waals surface area contributed by atoms with Crippen molar-refractivity contribution in [3.63, 3.8) is 0 Å². The van der Waals surface area contributed by atoms with Crippen LogP contribution >= 0.6 is 0 Å². The van der Waals surface area contributed by atoms with Gasteiger partial charge in [0.1, 0.15) is 0 Å². The minimum absolute atomic E-state index is 0.141. The normalized spacial score (nSPS) is 10.9. The highest BCUT2D eigenvalue weighted by atomic mass is 16.4. The zero-order valence-corrected chi connectivity index (χ0v) is 12.7. The average Bonchev–Trinajstić information content (AvgIpc) is 2.47. The van der Waals surface area contributed by atoms with E-state index in [4.69, 9.17) is 5.11 Å². The number of carboxylic acid groups (broad SMARTS) is 1. The summed E-state index contributed by atoms with van der Waals surface area (Å²) >= 11 is 0. The van der Waals surface area contributed by atoms with Crippen LogP contribution in [0.2, 0.25) is 0 Å². The van der Waals surface area contributed by atoms with Crippen LogP contribution in [0.15, 0.2) is 30.3 Å². The molecule has 5 heteroatoms. The van der Waals surface area contributed by atoms with Gasteiger partial charge in [0.15, 0.2) is 0 Å². The van der Waals surface area contributed by atoms with E-state index >= 15 is 0 Å². The number of nitrogens with one attached hydrogen (secondary N) is 1. The summed E-state index contributed by atoms with van der Waals surface area (Å²) in [4.78, 5) is 24.2. The summed E-state index contributed by atoms with van der Waals surface area (Å²) in [5.41, 5.74) is 1.45. The molecule has 0 aliphatic carbocycles. The summed E-state index contributed by atoms with van der Waals surface area (Å²) in [5, 5.41) is 11.4. The molecule has 0 saturated heterocycles. The molecule has 21 heavy (non-hydrogen) atoms. The minimum Gasteiger partial charge on any atom is -0.478 e. The fourth-order valence-corrected chi connectivity index (χ4v) is 2.06. The third-order valence-electron chi connectivity index (χ3n) is 3.39. The second kappa shape index (κ2) is 8.09. The number of nitrogens with zero attached hydrogens (tertiary/aromatic N) is 1. The highest BCUT2D eigenvalue weighted by molar-refractivity contribution is 5.89. The lowest BCUT2D eigenvalue weighted by Crippen LogP contribution is -2.39. The summed E-state index contributed by atoms with van der Waals surface area (Å²) in [6.07, 6.45) is 4.41. The zero-order valence-electron chi connectivity index (χ0n) is 12.7. The molecule has 0 unspecified atom stereocenters. The lowest BCUT2D eigenvalue weighted by molar-refractivity contribution is -0.131. The maximum atomic E-state index is 12.1. The van der Waals surface area contributed by atoms with E-state index in [1.165, 1.54) is 6.08 Å². The number of rotatable bonds is 6. The Balaban J connectivity index is 2.67. The number of carbonyl (C=O) groups excluding carboxylic acids is 1. The second-order valence-corrected chi connectivity index (χ2v) is 4.80. The van der Waals surface area contributed by atoms with Gasteiger partial charge in [-0.1, -0.05) is 26.0 Å². The molecule has 0 radical (unpaired) electrons. The molecule has 114 valence electrons. The molecule has 5 nitrogen and oxygen atoms in total. The quantitative estimate of drug-likeness (QED) is 0.788. The van der Waals surface area contributed by atoms with Crippen molar-refractivity contribution >= 4 is 23.8 Å². The highest BCUT2D eigenvalue weighted by Crippen LogP contribution is 2.13. The van der Waals surface area contributed by atoms with E-state index in [-0.39, 0.29) is 12.1 Å². The molecule has 0 heterocycles. The Morgan fingerprint density at radius 2 is 1.81 bits per heavy atom. The van der Waals surface area contributed by atoms with Crippen LogP contribution in [0.3, 0.4) is 0 Å². The van der Waals surface area contributed by atoms with Gasteiger partial charge in [-0.3, -0.25) is 0 Å². The van der Waals surface area contributed by atoms with Crippen LogP contribution in [0.5, 0.6) is 0 Å². The largest absolute Gasteiger partial charge is 0.478 e. The number of benzene rings is 1. The van der Waals surface area contributed by atoms with Gasteiger partial charge in [0.25, 0.3) is 0 Å². The van der Waals surface area contributed by atoms with Crippen molar-refractivity contribution in [3.05, 3.63) is 35.9 Å². The number of amides is 2. The van der Waals surface area contributed by atoms with Crippen molar-refractivity contribution in [1.29, 1.82) is 0 Å². The van der Waals surface area contributed by atoms with Crippen LogP contribution < -0.4 is 5.32 Å². The van der Waals surface area contributed by atoms with Crippen molar-refractivity contribution < 1.29 is 14.7 Å². The number of carbonyl (C=O) groups is 2. The lowest BCUT2D eigenvalue weighted by atomic mass is 10.1. The summed E-state index contributed by atoms with van der Waals surface area (Å²) < 4.78 is 0. The van der Waals surface area contributed by atoms with E-state index < -0.39 is 5.97 Å². The Hall–Kier alpha value is -2.30. The predicted molar refractivity (Wildman–Crippen MR) is 84.3 cm³/mol.